The van der Waals surface area contributed by atoms with Crippen LogP contribution in [0.25, 0.3) is 16.8 Å². The van der Waals surface area contributed by atoms with Crippen molar-refractivity contribution in [3.63, 3.8) is 0 Å². The summed E-state index contributed by atoms with van der Waals surface area (Å²) in [6.07, 6.45) is 1.62. The molecule has 2 amide bonds. The Kier molecular flexibility index (Phi) is 8.73. The van der Waals surface area contributed by atoms with Gasteiger partial charge in [-0.05, 0) is 69.8 Å². The van der Waals surface area contributed by atoms with Gasteiger partial charge in [0.25, 0.3) is 11.1 Å². The fourth-order valence-corrected chi connectivity index (χ4v) is 5.12. The number of rotatable bonds is 10. The third-order valence-corrected chi connectivity index (χ3v) is 6.88. The highest BCUT2D eigenvalue weighted by Crippen LogP contribution is 2.39. The standard InChI is InChI=1S/C27H24BrNO7S/c1-3-34-22-14-17(13-20(28)25(22)36-16-24(30)33-2)15-23-26(31)29(27(32)37-23)11-12-35-21-10-6-8-18-7-4-5-9-19(18)21/h4-10,13-15H,3,11-12,16H2,1-2H3/b23-15-. The summed E-state index contributed by atoms with van der Waals surface area (Å²) in [5.74, 6) is 0.495. The number of nitrogens with zero attached hydrogens (tertiary/aromatic N) is 1. The molecule has 0 aromatic heterocycles. The van der Waals surface area contributed by atoms with Crippen molar-refractivity contribution in [3.05, 3.63) is 69.5 Å². The fourth-order valence-electron chi connectivity index (χ4n) is 3.68. The van der Waals surface area contributed by atoms with Crippen LogP contribution in [0.1, 0.15) is 12.5 Å². The first-order valence-corrected chi connectivity index (χ1v) is 13.0. The number of ether oxygens (including phenoxy) is 4. The average molecular weight is 586 g/mol. The summed E-state index contributed by atoms with van der Waals surface area (Å²) in [6.45, 7) is 2.19. The minimum atomic E-state index is -0.531. The van der Waals surface area contributed by atoms with Crippen LogP contribution in [0.2, 0.25) is 0 Å². The quantitative estimate of drug-likeness (QED) is 0.222. The first-order chi connectivity index (χ1) is 17.9. The van der Waals surface area contributed by atoms with Crippen molar-refractivity contribution in [2.24, 2.45) is 0 Å². The molecule has 1 fully saturated rings. The van der Waals surface area contributed by atoms with Crippen LogP contribution in [0.4, 0.5) is 4.79 Å². The molecule has 1 heterocycles. The maximum absolute atomic E-state index is 13.0. The van der Waals surface area contributed by atoms with E-state index in [0.717, 1.165) is 22.5 Å². The van der Waals surface area contributed by atoms with E-state index in [0.29, 0.717) is 33.9 Å². The number of fused-ring (bicyclic) bond motifs is 1. The molecule has 0 bridgehead atoms. The summed E-state index contributed by atoms with van der Waals surface area (Å²) in [6, 6.07) is 17.0. The zero-order valence-corrected chi connectivity index (χ0v) is 22.6. The molecular weight excluding hydrogens is 562 g/mol. The molecule has 3 aromatic carbocycles. The summed E-state index contributed by atoms with van der Waals surface area (Å²) < 4.78 is 22.3. The normalized spacial score (nSPS) is 14.4. The van der Waals surface area contributed by atoms with Crippen molar-refractivity contribution in [3.8, 4) is 17.2 Å². The molecule has 8 nitrogen and oxygen atoms in total. The molecule has 3 aromatic rings. The van der Waals surface area contributed by atoms with Gasteiger partial charge in [-0.15, -0.1) is 0 Å². The Bertz CT molecular complexity index is 1370. The largest absolute Gasteiger partial charge is 0.491 e. The minimum Gasteiger partial charge on any atom is -0.491 e. The Morgan fingerprint density at radius 3 is 2.59 bits per heavy atom. The zero-order valence-electron chi connectivity index (χ0n) is 20.2. The highest BCUT2D eigenvalue weighted by Gasteiger charge is 2.35. The highest BCUT2D eigenvalue weighted by molar-refractivity contribution is 9.10. The Balaban J connectivity index is 1.46. The van der Waals surface area contributed by atoms with E-state index in [1.807, 2.05) is 49.4 Å². The molecule has 0 saturated carbocycles. The molecule has 0 unspecified atom stereocenters. The van der Waals surface area contributed by atoms with E-state index >= 15 is 0 Å². The predicted molar refractivity (Wildman–Crippen MR) is 145 cm³/mol. The SMILES string of the molecule is CCOc1cc(/C=C2\SC(=O)N(CCOc3cccc4ccccc34)C2=O)cc(Br)c1OCC(=O)OC. The van der Waals surface area contributed by atoms with Gasteiger partial charge in [-0.25, -0.2) is 4.79 Å². The Labute approximate surface area is 226 Å². The zero-order chi connectivity index (χ0) is 26.4. The number of esters is 1. The van der Waals surface area contributed by atoms with Gasteiger partial charge in [-0.2, -0.15) is 0 Å². The molecule has 0 N–H and O–H groups in total. The molecule has 0 radical (unpaired) electrons. The molecule has 1 aliphatic heterocycles. The lowest BCUT2D eigenvalue weighted by molar-refractivity contribution is -0.143. The third kappa shape index (κ3) is 6.26. The van der Waals surface area contributed by atoms with E-state index in [4.69, 9.17) is 14.2 Å². The minimum absolute atomic E-state index is 0.124. The smallest absolute Gasteiger partial charge is 0.343 e. The molecule has 1 saturated heterocycles. The number of hydrogen-bond donors (Lipinski definition) is 0. The summed E-state index contributed by atoms with van der Waals surface area (Å²) in [4.78, 5) is 38.5. The van der Waals surface area contributed by atoms with Crippen molar-refractivity contribution in [1.29, 1.82) is 0 Å². The van der Waals surface area contributed by atoms with Crippen LogP contribution in [-0.2, 0) is 14.3 Å². The lowest BCUT2D eigenvalue weighted by Crippen LogP contribution is -2.32. The van der Waals surface area contributed by atoms with E-state index in [1.54, 1.807) is 18.2 Å². The van der Waals surface area contributed by atoms with E-state index in [9.17, 15) is 14.4 Å². The van der Waals surface area contributed by atoms with Gasteiger partial charge >= 0.3 is 5.97 Å². The summed E-state index contributed by atoms with van der Waals surface area (Å²) in [5, 5.41) is 1.65. The van der Waals surface area contributed by atoms with E-state index < -0.39 is 11.9 Å². The summed E-state index contributed by atoms with van der Waals surface area (Å²) >= 11 is 4.30. The topological polar surface area (TPSA) is 91.4 Å². The van der Waals surface area contributed by atoms with Crippen LogP contribution < -0.4 is 14.2 Å². The van der Waals surface area contributed by atoms with Crippen molar-refractivity contribution in [2.75, 3.05) is 33.5 Å². The number of thioether (sulfide) groups is 1. The van der Waals surface area contributed by atoms with Crippen LogP contribution in [0.15, 0.2) is 64.0 Å². The van der Waals surface area contributed by atoms with Crippen LogP contribution in [0.5, 0.6) is 17.2 Å². The number of benzene rings is 3. The Morgan fingerprint density at radius 2 is 1.81 bits per heavy atom. The van der Waals surface area contributed by atoms with E-state index in [-0.39, 0.29) is 29.9 Å². The van der Waals surface area contributed by atoms with Gasteiger partial charge in [0.2, 0.25) is 0 Å². The van der Waals surface area contributed by atoms with E-state index in [1.165, 1.54) is 12.0 Å². The first-order valence-electron chi connectivity index (χ1n) is 11.4. The summed E-state index contributed by atoms with van der Waals surface area (Å²) in [7, 11) is 1.27. The number of carbonyl (C=O) groups is 3. The van der Waals surface area contributed by atoms with Gasteiger partial charge in [0.15, 0.2) is 18.1 Å². The van der Waals surface area contributed by atoms with Gasteiger partial charge in [-0.1, -0.05) is 36.4 Å². The monoisotopic (exact) mass is 585 g/mol. The molecule has 37 heavy (non-hydrogen) atoms. The maximum atomic E-state index is 13.0. The molecule has 192 valence electrons. The second-order valence-electron chi connectivity index (χ2n) is 7.79. The number of amides is 2. The molecule has 1 aliphatic rings. The van der Waals surface area contributed by atoms with Crippen LogP contribution >= 0.6 is 27.7 Å². The van der Waals surface area contributed by atoms with Crippen molar-refractivity contribution in [2.45, 2.75) is 6.92 Å². The first kappa shape index (κ1) is 26.6. The Morgan fingerprint density at radius 1 is 1.03 bits per heavy atom. The van der Waals surface area contributed by atoms with Gasteiger partial charge in [0.1, 0.15) is 12.4 Å². The van der Waals surface area contributed by atoms with Crippen LogP contribution in [0, 0.1) is 0 Å². The fraction of sp³-hybridized carbons (Fsp3) is 0.222. The second kappa shape index (κ2) is 12.2. The van der Waals surface area contributed by atoms with Crippen molar-refractivity contribution < 1.29 is 33.3 Å². The molecular formula is C27H24BrNO7S. The molecule has 10 heteroatoms. The summed E-state index contributed by atoms with van der Waals surface area (Å²) in [5.41, 5.74) is 0.623. The molecule has 4 rings (SSSR count). The van der Waals surface area contributed by atoms with Crippen molar-refractivity contribution >= 4 is 61.7 Å². The van der Waals surface area contributed by atoms with Gasteiger partial charge < -0.3 is 18.9 Å². The predicted octanol–water partition coefficient (Wildman–Crippen LogP) is 5.67. The van der Waals surface area contributed by atoms with Crippen molar-refractivity contribution in [1.82, 2.24) is 4.90 Å². The lowest BCUT2D eigenvalue weighted by atomic mass is 10.1. The number of carbonyl (C=O) groups excluding carboxylic acids is 3. The molecule has 0 atom stereocenters. The maximum Gasteiger partial charge on any atom is 0.343 e. The number of hydrogen-bond acceptors (Lipinski definition) is 8. The number of halogens is 1. The van der Waals surface area contributed by atoms with Gasteiger partial charge in [0, 0.05) is 5.39 Å². The second-order valence-corrected chi connectivity index (χ2v) is 9.63. The van der Waals surface area contributed by atoms with Crippen LogP contribution in [0.3, 0.4) is 0 Å². The molecule has 0 aliphatic carbocycles. The molecule has 0 spiro atoms. The highest BCUT2D eigenvalue weighted by atomic mass is 79.9. The lowest BCUT2D eigenvalue weighted by Gasteiger charge is -2.15. The number of methoxy groups -OCH3 is 1. The number of imide groups is 1. The van der Waals surface area contributed by atoms with Gasteiger partial charge in [0.05, 0.1) is 29.6 Å². The Hall–Kier alpha value is -3.50. The van der Waals surface area contributed by atoms with Crippen LogP contribution in [-0.4, -0.2) is 55.5 Å². The average Bonchev–Trinajstić information content (AvgIpc) is 3.15. The van der Waals surface area contributed by atoms with E-state index in [2.05, 4.69) is 20.7 Å². The van der Waals surface area contributed by atoms with Gasteiger partial charge in [-0.3, -0.25) is 14.5 Å². The third-order valence-electron chi connectivity index (χ3n) is 5.39.